The van der Waals surface area contributed by atoms with E-state index < -0.39 is 10.0 Å². The molecule has 0 aliphatic carbocycles. The molecule has 0 N–H and O–H groups in total. The van der Waals surface area contributed by atoms with Gasteiger partial charge in [0.15, 0.2) is 5.13 Å². The van der Waals surface area contributed by atoms with Crippen molar-refractivity contribution < 1.29 is 8.42 Å². The highest BCUT2D eigenvalue weighted by molar-refractivity contribution is 7.93. The predicted molar refractivity (Wildman–Crippen MR) is 71.9 cm³/mol. The molecule has 6 heteroatoms. The number of nitrogens with zero attached hydrogens (tertiary/aromatic N) is 2. The number of thiazole rings is 1. The lowest BCUT2D eigenvalue weighted by atomic mass is 10.4. The molecule has 2 aromatic rings. The van der Waals surface area contributed by atoms with Gasteiger partial charge < -0.3 is 0 Å². The van der Waals surface area contributed by atoms with E-state index in [9.17, 15) is 8.42 Å². The normalized spacial score (nSPS) is 10.8. The minimum Gasteiger partial charge on any atom is -0.229 e. The fourth-order valence-corrected chi connectivity index (χ4v) is 3.62. The summed E-state index contributed by atoms with van der Waals surface area (Å²) < 4.78 is 26.0. The molecule has 0 aliphatic heterocycles. The van der Waals surface area contributed by atoms with Crippen molar-refractivity contribution in [1.82, 2.24) is 4.98 Å². The number of anilines is 1. The van der Waals surface area contributed by atoms with Gasteiger partial charge in [-0.05, 0) is 12.1 Å². The van der Waals surface area contributed by atoms with Crippen LogP contribution in [0.15, 0.2) is 46.8 Å². The van der Waals surface area contributed by atoms with Crippen molar-refractivity contribution >= 4 is 26.5 Å². The van der Waals surface area contributed by atoms with E-state index in [1.807, 2.05) is 0 Å². The molecule has 0 atom stereocenters. The number of rotatable bonds is 4. The van der Waals surface area contributed by atoms with Gasteiger partial charge in [-0.15, -0.1) is 17.8 Å². The molecule has 1 aromatic heterocycles. The minimum absolute atomic E-state index is 0.0370. The third-order valence-corrected chi connectivity index (χ3v) is 4.86. The van der Waals surface area contributed by atoms with E-state index >= 15 is 0 Å². The Morgan fingerprint density at radius 3 is 2.61 bits per heavy atom. The van der Waals surface area contributed by atoms with E-state index in [1.165, 1.54) is 23.5 Å². The Morgan fingerprint density at radius 2 is 2.06 bits per heavy atom. The molecule has 4 nitrogen and oxygen atoms in total. The van der Waals surface area contributed by atoms with Gasteiger partial charge in [0.1, 0.15) is 0 Å². The molecule has 0 saturated carbocycles. The third kappa shape index (κ3) is 2.37. The molecule has 0 saturated heterocycles. The summed E-state index contributed by atoms with van der Waals surface area (Å²) in [6.45, 7) is -0.0370. The second-order valence-electron chi connectivity index (χ2n) is 3.34. The van der Waals surface area contributed by atoms with E-state index in [0.29, 0.717) is 5.13 Å². The lowest BCUT2D eigenvalue weighted by molar-refractivity contribution is 0.593. The minimum atomic E-state index is -3.65. The van der Waals surface area contributed by atoms with Gasteiger partial charge in [-0.25, -0.2) is 17.7 Å². The second-order valence-corrected chi connectivity index (χ2v) is 6.08. The van der Waals surface area contributed by atoms with Crippen LogP contribution in [0.2, 0.25) is 0 Å². The molecule has 0 fully saturated rings. The molecule has 2 rings (SSSR count). The van der Waals surface area contributed by atoms with Crippen LogP contribution in [-0.2, 0) is 10.0 Å². The monoisotopic (exact) mass is 278 g/mol. The first-order valence-electron chi connectivity index (χ1n) is 5.07. The van der Waals surface area contributed by atoms with Crippen molar-refractivity contribution in [2.75, 3.05) is 10.8 Å². The molecule has 0 unspecified atom stereocenters. The van der Waals surface area contributed by atoms with E-state index in [1.54, 1.807) is 29.8 Å². The summed E-state index contributed by atoms with van der Waals surface area (Å²) in [4.78, 5) is 4.20. The predicted octanol–water partition coefficient (Wildman–Crippen LogP) is 1.97. The maximum Gasteiger partial charge on any atom is 0.266 e. The topological polar surface area (TPSA) is 50.3 Å². The van der Waals surface area contributed by atoms with Gasteiger partial charge in [-0.2, -0.15) is 0 Å². The molecule has 18 heavy (non-hydrogen) atoms. The van der Waals surface area contributed by atoms with Crippen LogP contribution in [0.1, 0.15) is 0 Å². The fraction of sp³-hybridized carbons (Fsp3) is 0.0833. The van der Waals surface area contributed by atoms with Crippen LogP contribution < -0.4 is 4.31 Å². The van der Waals surface area contributed by atoms with E-state index in [-0.39, 0.29) is 11.4 Å². The number of hydrogen-bond donors (Lipinski definition) is 0. The number of aromatic nitrogens is 1. The Kier molecular flexibility index (Phi) is 3.65. The van der Waals surface area contributed by atoms with Crippen molar-refractivity contribution in [2.45, 2.75) is 4.90 Å². The number of sulfonamides is 1. The Balaban J connectivity index is 2.47. The summed E-state index contributed by atoms with van der Waals surface area (Å²) >= 11 is 1.23. The lowest BCUT2D eigenvalue weighted by Gasteiger charge is -2.18. The maximum atomic E-state index is 12.4. The summed E-state index contributed by atoms with van der Waals surface area (Å²) in [6, 6.07) is 8.17. The smallest absolute Gasteiger partial charge is 0.229 e. The van der Waals surface area contributed by atoms with Crippen molar-refractivity contribution in [3.05, 3.63) is 41.9 Å². The Morgan fingerprint density at radius 1 is 1.33 bits per heavy atom. The number of hydrogen-bond acceptors (Lipinski definition) is 4. The highest BCUT2D eigenvalue weighted by Crippen LogP contribution is 2.24. The molecule has 0 spiro atoms. The standard InChI is InChI=1S/C12H10N2O2S2/c1-2-9-14(12-13-8-10-17-12)18(15,16)11-6-4-3-5-7-11/h1,3-8,10H,9H2. The third-order valence-electron chi connectivity index (χ3n) is 2.20. The Hall–Kier alpha value is -1.84. The lowest BCUT2D eigenvalue weighted by Crippen LogP contribution is -2.31. The quantitative estimate of drug-likeness (QED) is 0.803. The molecule has 1 heterocycles. The van der Waals surface area contributed by atoms with Gasteiger partial charge >= 0.3 is 0 Å². The zero-order chi connectivity index (χ0) is 13.0. The van der Waals surface area contributed by atoms with Gasteiger partial charge in [-0.3, -0.25) is 0 Å². The average molecular weight is 278 g/mol. The second kappa shape index (κ2) is 5.21. The fourth-order valence-electron chi connectivity index (χ4n) is 1.40. The van der Waals surface area contributed by atoms with Crippen LogP contribution in [0.4, 0.5) is 5.13 Å². The van der Waals surface area contributed by atoms with Gasteiger partial charge in [-0.1, -0.05) is 24.1 Å². The van der Waals surface area contributed by atoms with Crippen LogP contribution in [0.25, 0.3) is 0 Å². The van der Waals surface area contributed by atoms with Gasteiger partial charge in [0.25, 0.3) is 10.0 Å². The van der Waals surface area contributed by atoms with Gasteiger partial charge in [0, 0.05) is 11.6 Å². The summed E-state index contributed by atoms with van der Waals surface area (Å²) in [5.74, 6) is 2.35. The summed E-state index contributed by atoms with van der Waals surface area (Å²) in [5.41, 5.74) is 0. The molecular formula is C12H10N2O2S2. The molecule has 0 aliphatic rings. The van der Waals surface area contributed by atoms with Crippen LogP contribution in [0, 0.1) is 12.3 Å². The molecule has 1 aromatic carbocycles. The maximum absolute atomic E-state index is 12.4. The molecule has 92 valence electrons. The van der Waals surface area contributed by atoms with Crippen molar-refractivity contribution in [3.63, 3.8) is 0 Å². The van der Waals surface area contributed by atoms with Gasteiger partial charge in [0.05, 0.1) is 11.4 Å². The SMILES string of the molecule is C#CCN(c1nccs1)S(=O)(=O)c1ccccc1. The molecule has 0 radical (unpaired) electrons. The van der Waals surface area contributed by atoms with Crippen LogP contribution >= 0.6 is 11.3 Å². The number of terminal acetylenes is 1. The zero-order valence-electron chi connectivity index (χ0n) is 9.35. The first-order chi connectivity index (χ1) is 8.66. The Labute approximate surface area is 110 Å². The van der Waals surface area contributed by atoms with Crippen molar-refractivity contribution in [2.24, 2.45) is 0 Å². The number of benzene rings is 1. The summed E-state index contributed by atoms with van der Waals surface area (Å²) in [7, 11) is -3.65. The van der Waals surface area contributed by atoms with Crippen molar-refractivity contribution in [3.8, 4) is 12.3 Å². The highest BCUT2D eigenvalue weighted by atomic mass is 32.2. The zero-order valence-corrected chi connectivity index (χ0v) is 11.0. The first kappa shape index (κ1) is 12.6. The molecule has 0 amide bonds. The summed E-state index contributed by atoms with van der Waals surface area (Å²) in [5, 5.41) is 2.08. The molecule has 0 bridgehead atoms. The average Bonchev–Trinajstić information content (AvgIpc) is 2.90. The first-order valence-corrected chi connectivity index (χ1v) is 7.39. The van der Waals surface area contributed by atoms with E-state index in [4.69, 9.17) is 6.42 Å². The largest absolute Gasteiger partial charge is 0.266 e. The van der Waals surface area contributed by atoms with Crippen LogP contribution in [0.3, 0.4) is 0 Å². The van der Waals surface area contributed by atoms with E-state index in [0.717, 1.165) is 4.31 Å². The van der Waals surface area contributed by atoms with E-state index in [2.05, 4.69) is 10.9 Å². The van der Waals surface area contributed by atoms with Crippen LogP contribution in [-0.4, -0.2) is 19.9 Å². The summed E-state index contributed by atoms with van der Waals surface area (Å²) in [6.07, 6.45) is 6.78. The Bertz CT molecular complexity index is 643. The van der Waals surface area contributed by atoms with Crippen LogP contribution in [0.5, 0.6) is 0 Å². The highest BCUT2D eigenvalue weighted by Gasteiger charge is 2.25. The van der Waals surface area contributed by atoms with Crippen molar-refractivity contribution in [1.29, 1.82) is 0 Å². The van der Waals surface area contributed by atoms with Gasteiger partial charge in [0.2, 0.25) is 0 Å². The molecular weight excluding hydrogens is 268 g/mol.